The number of benzene rings is 1. The van der Waals surface area contributed by atoms with E-state index in [9.17, 15) is 9.18 Å². The van der Waals surface area contributed by atoms with Crippen LogP contribution in [0.25, 0.3) is 0 Å². The number of hydrogen-bond donors (Lipinski definition) is 2. The van der Waals surface area contributed by atoms with E-state index >= 15 is 0 Å². The number of rotatable bonds is 7. The third-order valence-corrected chi connectivity index (χ3v) is 5.53. The number of aromatic nitrogens is 3. The fourth-order valence-electron chi connectivity index (χ4n) is 3.06. The van der Waals surface area contributed by atoms with Crippen LogP contribution in [0.1, 0.15) is 30.1 Å². The number of carbonyl (C=O) groups is 1. The molecule has 26 heavy (non-hydrogen) atoms. The van der Waals surface area contributed by atoms with E-state index < -0.39 is 0 Å². The Labute approximate surface area is 157 Å². The van der Waals surface area contributed by atoms with Gasteiger partial charge in [-0.05, 0) is 43.5 Å². The molecule has 0 radical (unpaired) electrons. The van der Waals surface area contributed by atoms with E-state index in [1.807, 2.05) is 11.6 Å². The molecule has 0 saturated carbocycles. The topological polar surface area (TPSA) is 71.8 Å². The van der Waals surface area contributed by atoms with Crippen LogP contribution in [0, 0.1) is 5.82 Å². The minimum atomic E-state index is -0.249. The lowest BCUT2D eigenvalue weighted by atomic mass is 9.99. The normalized spacial score (nSPS) is 17.2. The summed E-state index contributed by atoms with van der Waals surface area (Å²) < 4.78 is 14.9. The first kappa shape index (κ1) is 18.8. The van der Waals surface area contributed by atoms with Gasteiger partial charge < -0.3 is 15.2 Å². The van der Waals surface area contributed by atoms with Crippen LogP contribution in [0.5, 0.6) is 0 Å². The van der Waals surface area contributed by atoms with Gasteiger partial charge in [0, 0.05) is 26.1 Å². The molecule has 2 N–H and O–H groups in total. The van der Waals surface area contributed by atoms with E-state index in [4.69, 9.17) is 0 Å². The molecule has 1 aromatic heterocycles. The molecule has 2 heterocycles. The monoisotopic (exact) mass is 377 g/mol. The summed E-state index contributed by atoms with van der Waals surface area (Å²) in [4.78, 5) is 12.0. The van der Waals surface area contributed by atoms with Crippen LogP contribution in [0.2, 0.25) is 0 Å². The van der Waals surface area contributed by atoms with Gasteiger partial charge in [-0.1, -0.05) is 23.9 Å². The van der Waals surface area contributed by atoms with Gasteiger partial charge in [-0.3, -0.25) is 4.79 Å². The van der Waals surface area contributed by atoms with Gasteiger partial charge in [0.2, 0.25) is 5.91 Å². The minimum absolute atomic E-state index is 0.0407. The van der Waals surface area contributed by atoms with E-state index in [0.717, 1.165) is 42.5 Å². The van der Waals surface area contributed by atoms with Gasteiger partial charge in [0.05, 0.1) is 5.75 Å². The average Bonchev–Trinajstić information content (AvgIpc) is 3.03. The number of thioether (sulfide) groups is 1. The number of carbonyl (C=O) groups excluding carboxylic acids is 1. The molecule has 1 aliphatic heterocycles. The molecule has 1 aliphatic rings. The number of halogens is 1. The molecule has 0 aliphatic carbocycles. The maximum atomic E-state index is 12.9. The first-order chi connectivity index (χ1) is 12.6. The fourth-order valence-corrected chi connectivity index (χ4v) is 3.81. The largest absolute Gasteiger partial charge is 0.355 e. The molecule has 8 heteroatoms. The standard InChI is InChI=1S/C18H24FN5OS/c1-24-17(14-3-2-9-20-11-14)22-23-18(24)26-12-16(25)21-10-8-13-4-6-15(19)7-5-13/h4-7,14,20H,2-3,8-12H2,1H3,(H,21,25)/t14-/m1/s1. The molecule has 140 valence electrons. The van der Waals surface area contributed by atoms with Crippen LogP contribution in [-0.4, -0.2) is 46.1 Å². The summed E-state index contributed by atoms with van der Waals surface area (Å²) in [7, 11) is 1.96. The van der Waals surface area contributed by atoms with E-state index in [0.29, 0.717) is 24.6 Å². The zero-order valence-corrected chi connectivity index (χ0v) is 15.7. The Kier molecular flexibility index (Phi) is 6.62. The highest BCUT2D eigenvalue weighted by molar-refractivity contribution is 7.99. The smallest absolute Gasteiger partial charge is 0.230 e. The summed E-state index contributed by atoms with van der Waals surface area (Å²) in [5.74, 6) is 1.39. The molecule has 1 saturated heterocycles. The SMILES string of the molecule is Cn1c(SCC(=O)NCCc2ccc(F)cc2)nnc1[C@@H]1CCCNC1. The van der Waals surface area contributed by atoms with Crippen molar-refractivity contribution in [3.8, 4) is 0 Å². The summed E-state index contributed by atoms with van der Waals surface area (Å²) in [6.45, 7) is 2.53. The molecule has 6 nitrogen and oxygen atoms in total. The van der Waals surface area contributed by atoms with Crippen LogP contribution in [0.15, 0.2) is 29.4 Å². The fraction of sp³-hybridized carbons (Fsp3) is 0.500. The minimum Gasteiger partial charge on any atom is -0.355 e. The maximum Gasteiger partial charge on any atom is 0.230 e. The molecule has 0 bridgehead atoms. The van der Waals surface area contributed by atoms with Crippen LogP contribution in [0.4, 0.5) is 4.39 Å². The van der Waals surface area contributed by atoms with Gasteiger partial charge in [-0.2, -0.15) is 0 Å². The van der Waals surface area contributed by atoms with Gasteiger partial charge in [0.25, 0.3) is 0 Å². The third kappa shape index (κ3) is 5.04. The molecular weight excluding hydrogens is 353 g/mol. The summed E-state index contributed by atoms with van der Waals surface area (Å²) in [5.41, 5.74) is 0.999. The van der Waals surface area contributed by atoms with Crippen molar-refractivity contribution < 1.29 is 9.18 Å². The summed E-state index contributed by atoms with van der Waals surface area (Å²) >= 11 is 1.40. The van der Waals surface area contributed by atoms with Crippen molar-refractivity contribution in [2.75, 3.05) is 25.4 Å². The van der Waals surface area contributed by atoms with Crippen molar-refractivity contribution in [3.63, 3.8) is 0 Å². The van der Waals surface area contributed by atoms with Crippen molar-refractivity contribution in [1.29, 1.82) is 0 Å². The Morgan fingerprint density at radius 3 is 2.92 bits per heavy atom. The second-order valence-electron chi connectivity index (χ2n) is 6.46. The van der Waals surface area contributed by atoms with E-state index in [2.05, 4.69) is 20.8 Å². The van der Waals surface area contributed by atoms with Gasteiger partial charge in [0.15, 0.2) is 5.16 Å². The van der Waals surface area contributed by atoms with Crippen LogP contribution in [-0.2, 0) is 18.3 Å². The Balaban J connectivity index is 1.42. The van der Waals surface area contributed by atoms with Crippen molar-refractivity contribution >= 4 is 17.7 Å². The highest BCUT2D eigenvalue weighted by Gasteiger charge is 2.21. The highest BCUT2D eigenvalue weighted by atomic mass is 32.2. The van der Waals surface area contributed by atoms with Gasteiger partial charge in [-0.15, -0.1) is 10.2 Å². The van der Waals surface area contributed by atoms with Gasteiger partial charge >= 0.3 is 0 Å². The van der Waals surface area contributed by atoms with E-state index in [1.165, 1.54) is 23.9 Å². The van der Waals surface area contributed by atoms with Crippen molar-refractivity contribution in [2.24, 2.45) is 7.05 Å². The predicted molar refractivity (Wildman–Crippen MR) is 99.7 cm³/mol. The molecule has 1 amide bonds. The highest BCUT2D eigenvalue weighted by Crippen LogP contribution is 2.24. The van der Waals surface area contributed by atoms with E-state index in [-0.39, 0.29) is 11.7 Å². The quantitative estimate of drug-likeness (QED) is 0.721. The Morgan fingerprint density at radius 2 is 2.19 bits per heavy atom. The Hall–Kier alpha value is -1.93. The van der Waals surface area contributed by atoms with Crippen molar-refractivity contribution in [3.05, 3.63) is 41.5 Å². The van der Waals surface area contributed by atoms with Gasteiger partial charge in [-0.25, -0.2) is 4.39 Å². The lowest BCUT2D eigenvalue weighted by Crippen LogP contribution is -2.30. The molecule has 0 unspecified atom stereocenters. The lowest BCUT2D eigenvalue weighted by Gasteiger charge is -2.21. The number of nitrogens with one attached hydrogen (secondary N) is 2. The summed E-state index contributed by atoms with van der Waals surface area (Å²) in [6, 6.07) is 6.33. The summed E-state index contributed by atoms with van der Waals surface area (Å²) in [6.07, 6.45) is 2.95. The van der Waals surface area contributed by atoms with Crippen LogP contribution in [0.3, 0.4) is 0 Å². The first-order valence-corrected chi connectivity index (χ1v) is 9.86. The Bertz CT molecular complexity index is 728. The first-order valence-electron chi connectivity index (χ1n) is 8.87. The zero-order chi connectivity index (χ0) is 18.4. The molecule has 2 aromatic rings. The molecular formula is C18H24FN5OS. The van der Waals surface area contributed by atoms with Gasteiger partial charge in [0.1, 0.15) is 11.6 Å². The number of piperidine rings is 1. The lowest BCUT2D eigenvalue weighted by molar-refractivity contribution is -0.118. The molecule has 0 spiro atoms. The molecule has 3 rings (SSSR count). The zero-order valence-electron chi connectivity index (χ0n) is 14.9. The van der Waals surface area contributed by atoms with Crippen LogP contribution >= 0.6 is 11.8 Å². The molecule has 1 atom stereocenters. The van der Waals surface area contributed by atoms with E-state index in [1.54, 1.807) is 12.1 Å². The predicted octanol–water partition coefficient (Wildman–Crippen LogP) is 1.87. The summed E-state index contributed by atoms with van der Waals surface area (Å²) in [5, 5.41) is 15.6. The number of amides is 1. The second kappa shape index (κ2) is 9.14. The third-order valence-electron chi connectivity index (χ3n) is 4.51. The molecule has 1 aromatic carbocycles. The van der Waals surface area contributed by atoms with Crippen molar-refractivity contribution in [1.82, 2.24) is 25.4 Å². The average molecular weight is 377 g/mol. The van der Waals surface area contributed by atoms with Crippen LogP contribution < -0.4 is 10.6 Å². The maximum absolute atomic E-state index is 12.9. The number of nitrogens with zero attached hydrogens (tertiary/aromatic N) is 3. The van der Waals surface area contributed by atoms with Crippen molar-refractivity contribution in [2.45, 2.75) is 30.3 Å². The molecule has 1 fully saturated rings. The Morgan fingerprint density at radius 1 is 1.38 bits per heavy atom. The number of hydrogen-bond acceptors (Lipinski definition) is 5. The second-order valence-corrected chi connectivity index (χ2v) is 7.40.